The predicted molar refractivity (Wildman–Crippen MR) is 91.2 cm³/mol. The van der Waals surface area contributed by atoms with Crippen molar-refractivity contribution >= 4 is 33.4 Å². The van der Waals surface area contributed by atoms with Crippen LogP contribution < -0.4 is 22.1 Å². The van der Waals surface area contributed by atoms with Gasteiger partial charge in [-0.2, -0.15) is 0 Å². The van der Waals surface area contributed by atoms with Gasteiger partial charge in [-0.05, 0) is 23.8 Å². The Morgan fingerprint density at radius 3 is 2.46 bits per heavy atom. The van der Waals surface area contributed by atoms with Crippen molar-refractivity contribution in [1.29, 1.82) is 0 Å². The van der Waals surface area contributed by atoms with E-state index in [1.165, 1.54) is 0 Å². The summed E-state index contributed by atoms with van der Waals surface area (Å²) in [5.41, 5.74) is 2.86. The van der Waals surface area contributed by atoms with Crippen molar-refractivity contribution in [3.05, 3.63) is 83.4 Å². The summed E-state index contributed by atoms with van der Waals surface area (Å²) < 4.78 is 0. The number of nitrogens with zero attached hydrogens (tertiary/aromatic N) is 2. The minimum Gasteiger partial charge on any atom is -1.00 e. The molecule has 0 radical (unpaired) electrons. The van der Waals surface area contributed by atoms with Gasteiger partial charge < -0.3 is 12.4 Å². The Kier molecular flexibility index (Phi) is 4.84. The van der Waals surface area contributed by atoms with Crippen molar-refractivity contribution in [2.45, 2.75) is 6.61 Å². The van der Waals surface area contributed by atoms with E-state index >= 15 is 0 Å². The minimum absolute atomic E-state index is 0. The Morgan fingerprint density at radius 2 is 1.62 bits per heavy atom. The Bertz CT molecular complexity index is 990. The summed E-state index contributed by atoms with van der Waals surface area (Å²) in [5, 5.41) is 7.38. The van der Waals surface area contributed by atoms with Gasteiger partial charge in [0.2, 0.25) is 0 Å². The monoisotopic (exact) mass is 356 g/mol. The first-order chi connectivity index (χ1) is 11.3. The van der Waals surface area contributed by atoms with E-state index in [1.807, 2.05) is 72.8 Å². The molecule has 0 saturated heterocycles. The van der Waals surface area contributed by atoms with E-state index in [-0.39, 0.29) is 12.4 Å². The minimum atomic E-state index is 0. The zero-order chi connectivity index (χ0) is 15.6. The van der Waals surface area contributed by atoms with Crippen molar-refractivity contribution in [2.24, 2.45) is 0 Å². The van der Waals surface area contributed by atoms with E-state index in [4.69, 9.17) is 16.4 Å². The first kappa shape index (κ1) is 16.5. The van der Waals surface area contributed by atoms with Gasteiger partial charge in [-0.15, -0.1) is 0 Å². The average Bonchev–Trinajstić information content (AvgIpc) is 2.60. The maximum absolute atomic E-state index is 6.17. The fraction of sp³-hybridized carbons (Fsp3) is 0.0526. The van der Waals surface area contributed by atoms with Crippen LogP contribution >= 0.6 is 11.6 Å². The third-order valence-electron chi connectivity index (χ3n) is 3.75. The van der Waals surface area contributed by atoms with Gasteiger partial charge >= 0.3 is 0 Å². The maximum atomic E-state index is 6.17. The highest BCUT2D eigenvalue weighted by molar-refractivity contribution is 6.31. The molecule has 3 aromatic carbocycles. The van der Waals surface area contributed by atoms with Crippen LogP contribution in [0.2, 0.25) is 5.02 Å². The molecule has 0 spiro atoms. The highest BCUT2D eigenvalue weighted by Gasteiger charge is 2.17. The number of benzene rings is 3. The Balaban J connectivity index is 0.00000169. The summed E-state index contributed by atoms with van der Waals surface area (Å²) in [7, 11) is 0. The Morgan fingerprint density at radius 1 is 0.875 bits per heavy atom. The molecule has 4 rings (SSSR count). The van der Waals surface area contributed by atoms with E-state index in [0.29, 0.717) is 11.6 Å². The molecule has 0 amide bonds. The molecule has 0 aliphatic carbocycles. The topological polar surface area (TPSA) is 26.0 Å². The number of hydrogen-bond acceptors (Lipinski definition) is 2. The molecular weight excluding hydrogens is 343 g/mol. The zero-order valence-corrected chi connectivity index (χ0v) is 14.2. The van der Waals surface area contributed by atoms with Crippen molar-refractivity contribution in [1.82, 2.24) is 5.10 Å². The smallest absolute Gasteiger partial charge is 0.297 e. The number of hydrogen-bond donors (Lipinski definition) is 0. The molecule has 120 valence electrons. The van der Waals surface area contributed by atoms with Gasteiger partial charge in [0.15, 0.2) is 6.61 Å². The molecule has 0 N–H and O–H groups in total. The third kappa shape index (κ3) is 3.14. The summed E-state index contributed by atoms with van der Waals surface area (Å²) >= 11 is 6.17. The van der Waals surface area contributed by atoms with Crippen LogP contribution in [0.4, 0.5) is 0 Å². The first-order valence-electron chi connectivity index (χ1n) is 7.39. The molecule has 0 fully saturated rings. The van der Waals surface area contributed by atoms with E-state index < -0.39 is 0 Å². The highest BCUT2D eigenvalue weighted by Crippen LogP contribution is 2.23. The zero-order valence-electron chi connectivity index (χ0n) is 12.7. The molecule has 3 nitrogen and oxygen atoms in total. The third-order valence-corrected chi connectivity index (χ3v) is 3.99. The molecular formula is C19H14Cl2N2O. The maximum Gasteiger partial charge on any atom is 0.297 e. The largest absolute Gasteiger partial charge is 1.00 e. The van der Waals surface area contributed by atoms with Crippen LogP contribution in [0.25, 0.3) is 21.8 Å². The molecule has 5 heteroatoms. The number of rotatable bonds is 3. The molecule has 0 saturated carbocycles. The second kappa shape index (κ2) is 7.04. The molecule has 0 atom stereocenters. The molecule has 0 aliphatic heterocycles. The van der Waals surface area contributed by atoms with Crippen LogP contribution in [0.3, 0.4) is 0 Å². The van der Waals surface area contributed by atoms with E-state index in [9.17, 15) is 0 Å². The lowest BCUT2D eigenvalue weighted by Gasteiger charge is -2.03. The van der Waals surface area contributed by atoms with Crippen molar-refractivity contribution in [2.75, 3.05) is 0 Å². The molecule has 24 heavy (non-hydrogen) atoms. The van der Waals surface area contributed by atoms with Gasteiger partial charge in [0.05, 0.1) is 10.5 Å². The highest BCUT2D eigenvalue weighted by atomic mass is 35.5. The summed E-state index contributed by atoms with van der Waals surface area (Å²) in [6.45, 7) is 0.453. The summed E-state index contributed by atoms with van der Waals surface area (Å²) in [4.78, 5) is 7.50. The van der Waals surface area contributed by atoms with Crippen LogP contribution in [0, 0.1) is 0 Å². The molecule has 0 aliphatic rings. The van der Waals surface area contributed by atoms with Crippen LogP contribution in [0.1, 0.15) is 5.56 Å². The fourth-order valence-corrected chi connectivity index (χ4v) is 2.81. The van der Waals surface area contributed by atoms with Crippen LogP contribution in [-0.2, 0) is 6.61 Å². The average molecular weight is 357 g/mol. The van der Waals surface area contributed by atoms with Gasteiger partial charge in [-0.1, -0.05) is 60.1 Å². The number of fused-ring (bicyclic) bond motifs is 3. The van der Waals surface area contributed by atoms with Crippen molar-refractivity contribution in [3.8, 4) is 0 Å². The molecule has 0 unspecified atom stereocenters. The Labute approximate surface area is 150 Å². The first-order valence-corrected chi connectivity index (χ1v) is 7.77. The molecule has 4 aromatic rings. The quantitative estimate of drug-likeness (QED) is 0.403. The van der Waals surface area contributed by atoms with Gasteiger partial charge in [-0.25, -0.2) is 4.84 Å². The van der Waals surface area contributed by atoms with E-state index in [1.54, 1.807) is 4.85 Å². The normalized spacial score (nSPS) is 10.5. The second-order valence-corrected chi connectivity index (χ2v) is 5.75. The molecule has 1 aromatic heterocycles. The van der Waals surface area contributed by atoms with Gasteiger partial charge in [0.25, 0.3) is 5.52 Å². The number of aromatic nitrogens is 2. The lowest BCUT2D eigenvalue weighted by atomic mass is 10.1. The summed E-state index contributed by atoms with van der Waals surface area (Å²) in [6.07, 6.45) is 0. The number of halogens is 2. The van der Waals surface area contributed by atoms with Crippen LogP contribution in [0.5, 0.6) is 0 Å². The summed E-state index contributed by atoms with van der Waals surface area (Å²) in [6, 6.07) is 23.7. The van der Waals surface area contributed by atoms with Gasteiger partial charge in [-0.3, -0.25) is 0 Å². The van der Waals surface area contributed by atoms with Crippen molar-refractivity contribution in [3.63, 3.8) is 0 Å². The second-order valence-electron chi connectivity index (χ2n) is 5.31. The fourth-order valence-electron chi connectivity index (χ4n) is 2.64. The lowest BCUT2D eigenvalue weighted by molar-refractivity contribution is -0.918. The molecule has 0 bridgehead atoms. The SMILES string of the molecule is Clc1ccc2c(c1)c1ccccc1n[n+]2OCc1ccccc1.[Cl-]. The van der Waals surface area contributed by atoms with Gasteiger partial charge in [0, 0.05) is 16.5 Å². The predicted octanol–water partition coefficient (Wildman–Crippen LogP) is 0.962. The van der Waals surface area contributed by atoms with Crippen molar-refractivity contribution < 1.29 is 22.1 Å². The van der Waals surface area contributed by atoms with Crippen LogP contribution in [-0.4, -0.2) is 5.10 Å². The molecule has 1 heterocycles. The summed E-state index contributed by atoms with van der Waals surface area (Å²) in [5.74, 6) is 0. The van der Waals surface area contributed by atoms with E-state index in [2.05, 4.69) is 5.10 Å². The van der Waals surface area contributed by atoms with E-state index in [0.717, 1.165) is 27.4 Å². The van der Waals surface area contributed by atoms with Gasteiger partial charge in [0.1, 0.15) is 10.4 Å². The standard InChI is InChI=1S/C19H14ClN2O.ClH/c20-15-10-11-19-17(12-15)16-8-4-5-9-18(16)21-22(19)23-13-14-6-2-1-3-7-14;/h1-12H,13H2;1H/q+1;/p-1. The Hall–Kier alpha value is -2.36. The van der Waals surface area contributed by atoms with Crippen LogP contribution in [0.15, 0.2) is 72.8 Å². The lowest BCUT2D eigenvalue weighted by Crippen LogP contribution is -3.00.